The van der Waals surface area contributed by atoms with E-state index in [-0.39, 0.29) is 12.2 Å². The fraction of sp³-hybridized carbons (Fsp3) is 0.900. The molecule has 1 fully saturated rings. The Balaban J connectivity index is 2.82. The van der Waals surface area contributed by atoms with Crippen LogP contribution in [0.3, 0.4) is 0 Å². The molecule has 0 aromatic heterocycles. The van der Waals surface area contributed by atoms with E-state index in [9.17, 15) is 4.57 Å². The van der Waals surface area contributed by atoms with Gasteiger partial charge in [0.15, 0.2) is 0 Å². The Morgan fingerprint density at radius 1 is 1.31 bits per heavy atom. The first kappa shape index (κ1) is 13.7. The molecule has 0 amide bonds. The van der Waals surface area contributed by atoms with E-state index in [1.165, 1.54) is 0 Å². The molecule has 0 aromatic carbocycles. The van der Waals surface area contributed by atoms with Gasteiger partial charge in [0, 0.05) is 0 Å². The highest BCUT2D eigenvalue weighted by atomic mass is 31.2. The monoisotopic (exact) mass is 246 g/mol. The molecule has 2 atom stereocenters. The van der Waals surface area contributed by atoms with Crippen LogP contribution in [0.15, 0.2) is 0 Å². The minimum absolute atomic E-state index is 0.199. The van der Waals surface area contributed by atoms with Gasteiger partial charge < -0.3 is 9.05 Å². The fourth-order valence-electron chi connectivity index (χ4n) is 1.47. The van der Waals surface area contributed by atoms with Gasteiger partial charge in [0.1, 0.15) is 11.3 Å². The van der Waals surface area contributed by atoms with Crippen LogP contribution >= 0.6 is 7.60 Å². The van der Waals surface area contributed by atoms with Gasteiger partial charge in [-0.1, -0.05) is 0 Å². The van der Waals surface area contributed by atoms with Crippen molar-refractivity contribution in [3.8, 4) is 6.07 Å². The molecule has 92 valence electrons. The largest absolute Gasteiger partial charge is 0.350 e. The molecule has 0 unspecified atom stereocenters. The lowest BCUT2D eigenvalue weighted by molar-refractivity contribution is 0.140. The van der Waals surface area contributed by atoms with Crippen molar-refractivity contribution in [2.45, 2.75) is 58.1 Å². The minimum atomic E-state index is -3.26. The normalized spacial score (nSPS) is 29.5. The van der Waals surface area contributed by atoms with Crippen molar-refractivity contribution in [2.24, 2.45) is 0 Å². The lowest BCUT2D eigenvalue weighted by Crippen LogP contribution is -2.15. The van der Waals surface area contributed by atoms with Crippen LogP contribution < -0.4 is 5.32 Å². The van der Waals surface area contributed by atoms with Gasteiger partial charge in [-0.05, 0) is 34.6 Å². The highest BCUT2D eigenvalue weighted by molar-refractivity contribution is 7.55. The maximum atomic E-state index is 12.5. The third kappa shape index (κ3) is 2.83. The Morgan fingerprint density at radius 2 is 1.75 bits per heavy atom. The maximum Gasteiger partial charge on any atom is 0.350 e. The summed E-state index contributed by atoms with van der Waals surface area (Å²) < 4.78 is 23.3. The molecule has 6 heteroatoms. The third-order valence-electron chi connectivity index (χ3n) is 2.16. The molecule has 1 N–H and O–H groups in total. The number of nitrogens with zero attached hydrogens (tertiary/aromatic N) is 1. The lowest BCUT2D eigenvalue weighted by Gasteiger charge is -2.22. The second kappa shape index (κ2) is 4.46. The molecule has 0 aliphatic carbocycles. The molecule has 1 aliphatic heterocycles. The summed E-state index contributed by atoms with van der Waals surface area (Å²) >= 11 is 0. The smallest absolute Gasteiger partial charge is 0.305 e. The van der Waals surface area contributed by atoms with E-state index in [0.717, 1.165) is 0 Å². The van der Waals surface area contributed by atoms with Gasteiger partial charge in [-0.2, -0.15) is 5.26 Å². The third-order valence-corrected chi connectivity index (χ3v) is 4.87. The highest BCUT2D eigenvalue weighted by Gasteiger charge is 2.63. The zero-order valence-corrected chi connectivity index (χ0v) is 11.2. The summed E-state index contributed by atoms with van der Waals surface area (Å²) in [7, 11) is -3.26. The predicted molar refractivity (Wildman–Crippen MR) is 61.0 cm³/mol. The molecular weight excluding hydrogens is 227 g/mol. The van der Waals surface area contributed by atoms with E-state index >= 15 is 0 Å². The molecule has 1 saturated heterocycles. The summed E-state index contributed by atoms with van der Waals surface area (Å²) in [4.78, 5) is 0. The molecule has 16 heavy (non-hydrogen) atoms. The van der Waals surface area contributed by atoms with Gasteiger partial charge in [0.05, 0.1) is 18.3 Å². The van der Waals surface area contributed by atoms with Gasteiger partial charge >= 0.3 is 7.60 Å². The minimum Gasteiger partial charge on any atom is -0.305 e. The molecule has 0 spiro atoms. The molecule has 0 aromatic rings. The SMILES string of the molecule is CC(C)OP(=O)(OC(C)C)[C@@H]1N[C@@]1(C)C#N. The first-order valence-corrected chi connectivity index (χ1v) is 7.00. The number of rotatable bonds is 5. The summed E-state index contributed by atoms with van der Waals surface area (Å²) in [6, 6.07) is 2.07. The second-order valence-corrected chi connectivity index (χ2v) is 6.73. The lowest BCUT2D eigenvalue weighted by atomic mass is 10.2. The molecule has 1 aliphatic rings. The molecule has 1 rings (SSSR count). The van der Waals surface area contributed by atoms with Crippen LogP contribution in [-0.2, 0) is 13.6 Å². The Labute approximate surface area is 96.7 Å². The van der Waals surface area contributed by atoms with Crippen LogP contribution in [0.25, 0.3) is 0 Å². The van der Waals surface area contributed by atoms with Gasteiger partial charge in [0.25, 0.3) is 0 Å². The number of hydrogen-bond acceptors (Lipinski definition) is 5. The second-order valence-electron chi connectivity index (χ2n) is 4.71. The van der Waals surface area contributed by atoms with E-state index < -0.39 is 18.9 Å². The van der Waals surface area contributed by atoms with Crippen LogP contribution in [0.1, 0.15) is 34.6 Å². The van der Waals surface area contributed by atoms with Crippen molar-refractivity contribution >= 4 is 7.60 Å². The quantitative estimate of drug-likeness (QED) is 0.594. The van der Waals surface area contributed by atoms with Crippen molar-refractivity contribution in [2.75, 3.05) is 0 Å². The maximum absolute atomic E-state index is 12.5. The predicted octanol–water partition coefficient (Wildman–Crippen LogP) is 2.24. The van der Waals surface area contributed by atoms with Crippen LogP contribution in [0, 0.1) is 11.3 Å². The van der Waals surface area contributed by atoms with Gasteiger partial charge in [0.2, 0.25) is 0 Å². The van der Waals surface area contributed by atoms with Crippen molar-refractivity contribution in [1.29, 1.82) is 5.26 Å². The van der Waals surface area contributed by atoms with Crippen molar-refractivity contribution in [1.82, 2.24) is 5.32 Å². The van der Waals surface area contributed by atoms with Gasteiger partial charge in [-0.3, -0.25) is 9.88 Å². The van der Waals surface area contributed by atoms with Crippen molar-refractivity contribution in [3.05, 3.63) is 0 Å². The Kier molecular flexibility index (Phi) is 3.81. The van der Waals surface area contributed by atoms with Crippen LogP contribution in [-0.4, -0.2) is 23.5 Å². The standard InChI is InChI=1S/C10H19N2O3P/c1-7(2)14-16(13,15-8(3)4)9-10(5,6-11)12-9/h7-9,12H,1-5H3/t9-,10-/m0/s1. The first-order chi connectivity index (χ1) is 7.23. The molecule has 0 radical (unpaired) electrons. The zero-order chi connectivity index (χ0) is 12.6. The van der Waals surface area contributed by atoms with Gasteiger partial charge in [-0.15, -0.1) is 0 Å². The van der Waals surface area contributed by atoms with E-state index in [1.807, 2.05) is 0 Å². The zero-order valence-electron chi connectivity index (χ0n) is 10.4. The van der Waals surface area contributed by atoms with E-state index in [2.05, 4.69) is 11.4 Å². The average molecular weight is 246 g/mol. The van der Waals surface area contributed by atoms with Crippen molar-refractivity contribution < 1.29 is 13.6 Å². The van der Waals surface area contributed by atoms with E-state index in [4.69, 9.17) is 14.3 Å². The molecule has 0 bridgehead atoms. The number of nitriles is 1. The summed E-state index contributed by atoms with van der Waals surface area (Å²) in [5.41, 5.74) is -0.792. The van der Waals surface area contributed by atoms with E-state index in [1.54, 1.807) is 34.6 Å². The van der Waals surface area contributed by atoms with Gasteiger partial charge in [-0.25, -0.2) is 0 Å². The van der Waals surface area contributed by atoms with E-state index in [0.29, 0.717) is 0 Å². The average Bonchev–Trinajstić information content (AvgIpc) is 2.77. The van der Waals surface area contributed by atoms with Crippen LogP contribution in [0.5, 0.6) is 0 Å². The highest BCUT2D eigenvalue weighted by Crippen LogP contribution is 2.62. The number of hydrogen-bond donors (Lipinski definition) is 1. The topological polar surface area (TPSA) is 81.3 Å². The first-order valence-electron chi connectivity index (χ1n) is 5.39. The fourth-order valence-corrected chi connectivity index (χ4v) is 4.05. The summed E-state index contributed by atoms with van der Waals surface area (Å²) in [6.07, 6.45) is -0.398. The van der Waals surface area contributed by atoms with Crippen LogP contribution in [0.2, 0.25) is 0 Å². The number of nitrogens with one attached hydrogen (secondary N) is 1. The Bertz CT molecular complexity index is 336. The molecule has 1 heterocycles. The Morgan fingerprint density at radius 3 is 2.00 bits per heavy atom. The molecule has 5 nitrogen and oxygen atoms in total. The summed E-state index contributed by atoms with van der Waals surface area (Å²) in [5.74, 6) is -0.519. The van der Waals surface area contributed by atoms with Crippen molar-refractivity contribution in [3.63, 3.8) is 0 Å². The summed E-state index contributed by atoms with van der Waals surface area (Å²) in [5, 5.41) is 11.8. The Hall–Kier alpha value is -0.400. The molecular formula is C10H19N2O3P. The molecule has 0 saturated carbocycles. The summed E-state index contributed by atoms with van der Waals surface area (Å²) in [6.45, 7) is 8.87. The van der Waals surface area contributed by atoms with Crippen LogP contribution in [0.4, 0.5) is 0 Å².